The number of unbranched alkanes of at least 4 members (excludes halogenated alkanes) is 1. The molecule has 0 aromatic carbocycles. The predicted molar refractivity (Wildman–Crippen MR) is 55.8 cm³/mol. The number of hydrogen-bond acceptors (Lipinski definition) is 2. The molecule has 78 valence electrons. The van der Waals surface area contributed by atoms with E-state index in [2.05, 4.69) is 12.2 Å². The van der Waals surface area contributed by atoms with Gasteiger partial charge in [0.2, 0.25) is 0 Å². The molecule has 1 rings (SSSR count). The van der Waals surface area contributed by atoms with Gasteiger partial charge in [-0.15, -0.1) is 0 Å². The highest BCUT2D eigenvalue weighted by molar-refractivity contribution is 4.78. The lowest BCUT2D eigenvalue weighted by atomic mass is 10.1. The first-order valence-corrected chi connectivity index (χ1v) is 5.76. The second-order valence-corrected chi connectivity index (χ2v) is 4.12. The van der Waals surface area contributed by atoms with Gasteiger partial charge in [-0.2, -0.15) is 0 Å². The molecule has 2 nitrogen and oxygen atoms in total. The second kappa shape index (κ2) is 6.39. The molecule has 1 fully saturated rings. The van der Waals surface area contributed by atoms with Crippen LogP contribution in [0.25, 0.3) is 0 Å². The topological polar surface area (TPSA) is 32.3 Å². The molecule has 2 heteroatoms. The zero-order valence-corrected chi connectivity index (χ0v) is 8.76. The molecular formula is C11H23NO. The average Bonchev–Trinajstić information content (AvgIpc) is 2.32. The fraction of sp³-hybridized carbons (Fsp3) is 1.00. The van der Waals surface area contributed by atoms with Crippen LogP contribution in [0.5, 0.6) is 0 Å². The van der Waals surface area contributed by atoms with Gasteiger partial charge in [0.15, 0.2) is 0 Å². The molecule has 2 N–H and O–H groups in total. The van der Waals surface area contributed by atoms with Gasteiger partial charge in [-0.3, -0.25) is 0 Å². The van der Waals surface area contributed by atoms with Crippen LogP contribution in [-0.4, -0.2) is 23.8 Å². The number of aliphatic hydroxyl groups is 1. The Bertz CT molecular complexity index is 127. The molecule has 0 radical (unpaired) electrons. The Morgan fingerprint density at radius 2 is 2.00 bits per heavy atom. The highest BCUT2D eigenvalue weighted by atomic mass is 16.3. The first kappa shape index (κ1) is 11.0. The van der Waals surface area contributed by atoms with Crippen LogP contribution < -0.4 is 5.32 Å². The van der Waals surface area contributed by atoms with Crippen molar-refractivity contribution in [1.29, 1.82) is 0 Å². The minimum Gasteiger partial charge on any atom is -0.392 e. The highest BCUT2D eigenvalue weighted by Crippen LogP contribution is 2.17. The van der Waals surface area contributed by atoms with Gasteiger partial charge in [-0.05, 0) is 25.8 Å². The molecule has 13 heavy (non-hydrogen) atoms. The van der Waals surface area contributed by atoms with Gasteiger partial charge in [0.25, 0.3) is 0 Å². The van der Waals surface area contributed by atoms with Gasteiger partial charge in [0.1, 0.15) is 0 Å². The normalized spacial score (nSPS) is 30.0. The van der Waals surface area contributed by atoms with E-state index < -0.39 is 0 Å². The van der Waals surface area contributed by atoms with Crippen LogP contribution in [0.4, 0.5) is 0 Å². The van der Waals surface area contributed by atoms with E-state index in [1.54, 1.807) is 0 Å². The van der Waals surface area contributed by atoms with Crippen molar-refractivity contribution in [3.05, 3.63) is 0 Å². The molecule has 1 aliphatic carbocycles. The quantitative estimate of drug-likeness (QED) is 0.519. The van der Waals surface area contributed by atoms with Crippen LogP contribution in [0.15, 0.2) is 0 Å². The van der Waals surface area contributed by atoms with Crippen LogP contribution in [0.3, 0.4) is 0 Å². The average molecular weight is 185 g/mol. The fourth-order valence-corrected chi connectivity index (χ4v) is 1.99. The summed E-state index contributed by atoms with van der Waals surface area (Å²) in [5.41, 5.74) is 0. The third-order valence-electron chi connectivity index (χ3n) is 2.92. The van der Waals surface area contributed by atoms with Crippen molar-refractivity contribution in [2.75, 3.05) is 6.54 Å². The lowest BCUT2D eigenvalue weighted by Gasteiger charge is -2.21. The summed E-state index contributed by atoms with van der Waals surface area (Å²) in [4.78, 5) is 0. The Labute approximate surface area is 81.7 Å². The molecular weight excluding hydrogens is 162 g/mol. The van der Waals surface area contributed by atoms with Crippen molar-refractivity contribution < 1.29 is 5.11 Å². The fourth-order valence-electron chi connectivity index (χ4n) is 1.99. The lowest BCUT2D eigenvalue weighted by molar-refractivity contribution is 0.120. The second-order valence-electron chi connectivity index (χ2n) is 4.12. The summed E-state index contributed by atoms with van der Waals surface area (Å²) in [6.45, 7) is 3.27. The Morgan fingerprint density at radius 1 is 1.23 bits per heavy atom. The van der Waals surface area contributed by atoms with Gasteiger partial charge >= 0.3 is 0 Å². The molecule has 1 saturated carbocycles. The minimum absolute atomic E-state index is 0.0978. The SMILES string of the molecule is CCCCNC1CCCCC[C@H]1O. The molecule has 0 spiro atoms. The summed E-state index contributed by atoms with van der Waals surface area (Å²) in [7, 11) is 0. The monoisotopic (exact) mass is 185 g/mol. The van der Waals surface area contributed by atoms with Gasteiger partial charge in [-0.25, -0.2) is 0 Å². The third-order valence-corrected chi connectivity index (χ3v) is 2.92. The first-order valence-electron chi connectivity index (χ1n) is 5.76. The number of hydrogen-bond donors (Lipinski definition) is 2. The molecule has 0 bridgehead atoms. The van der Waals surface area contributed by atoms with Crippen LogP contribution in [0, 0.1) is 0 Å². The minimum atomic E-state index is -0.0978. The van der Waals surface area contributed by atoms with Crippen molar-refractivity contribution in [2.45, 2.75) is 64.0 Å². The third kappa shape index (κ3) is 4.10. The van der Waals surface area contributed by atoms with Crippen molar-refractivity contribution in [3.63, 3.8) is 0 Å². The zero-order valence-electron chi connectivity index (χ0n) is 8.76. The molecule has 0 heterocycles. The molecule has 1 unspecified atom stereocenters. The largest absolute Gasteiger partial charge is 0.392 e. The van der Waals surface area contributed by atoms with Gasteiger partial charge in [-0.1, -0.05) is 32.6 Å². The van der Waals surface area contributed by atoms with Crippen LogP contribution in [0.2, 0.25) is 0 Å². The molecule has 0 aromatic rings. The Morgan fingerprint density at radius 3 is 2.77 bits per heavy atom. The number of rotatable bonds is 4. The summed E-state index contributed by atoms with van der Waals surface area (Å²) in [6, 6.07) is 0.369. The van der Waals surface area contributed by atoms with E-state index in [0.29, 0.717) is 6.04 Å². The lowest BCUT2D eigenvalue weighted by Crippen LogP contribution is -2.39. The van der Waals surface area contributed by atoms with Crippen molar-refractivity contribution >= 4 is 0 Å². The maximum atomic E-state index is 9.79. The molecule has 0 aromatic heterocycles. The first-order chi connectivity index (χ1) is 6.34. The van der Waals surface area contributed by atoms with Crippen molar-refractivity contribution in [1.82, 2.24) is 5.32 Å². The molecule has 0 amide bonds. The Balaban J connectivity index is 2.19. The summed E-state index contributed by atoms with van der Waals surface area (Å²) in [5.74, 6) is 0. The van der Waals surface area contributed by atoms with Crippen molar-refractivity contribution in [2.24, 2.45) is 0 Å². The van der Waals surface area contributed by atoms with Crippen LogP contribution >= 0.6 is 0 Å². The van der Waals surface area contributed by atoms with Gasteiger partial charge < -0.3 is 10.4 Å². The Kier molecular flexibility index (Phi) is 5.40. The van der Waals surface area contributed by atoms with E-state index in [9.17, 15) is 5.11 Å². The summed E-state index contributed by atoms with van der Waals surface area (Å²) >= 11 is 0. The maximum Gasteiger partial charge on any atom is 0.0693 e. The van der Waals surface area contributed by atoms with Gasteiger partial charge in [0.05, 0.1) is 6.10 Å². The van der Waals surface area contributed by atoms with Crippen molar-refractivity contribution in [3.8, 4) is 0 Å². The smallest absolute Gasteiger partial charge is 0.0693 e. The Hall–Kier alpha value is -0.0800. The van der Waals surface area contributed by atoms with E-state index in [0.717, 1.165) is 19.4 Å². The summed E-state index contributed by atoms with van der Waals surface area (Å²) in [6.07, 6.45) is 8.28. The molecule has 0 saturated heterocycles. The molecule has 0 aliphatic heterocycles. The predicted octanol–water partition coefficient (Wildman–Crippen LogP) is 2.07. The number of nitrogens with one attached hydrogen (secondary N) is 1. The molecule has 2 atom stereocenters. The summed E-state index contributed by atoms with van der Waals surface area (Å²) < 4.78 is 0. The maximum absolute atomic E-state index is 9.79. The van der Waals surface area contributed by atoms with Crippen LogP contribution in [-0.2, 0) is 0 Å². The van der Waals surface area contributed by atoms with Gasteiger partial charge in [0, 0.05) is 6.04 Å². The summed E-state index contributed by atoms with van der Waals surface area (Å²) in [5, 5.41) is 13.2. The highest BCUT2D eigenvalue weighted by Gasteiger charge is 2.20. The molecule has 1 aliphatic rings. The van der Waals surface area contributed by atoms with E-state index in [1.807, 2.05) is 0 Å². The van der Waals surface area contributed by atoms with E-state index in [1.165, 1.54) is 32.1 Å². The van der Waals surface area contributed by atoms with Crippen LogP contribution in [0.1, 0.15) is 51.9 Å². The van der Waals surface area contributed by atoms with E-state index >= 15 is 0 Å². The standard InChI is InChI=1S/C11H23NO/c1-2-3-9-12-10-7-5-4-6-8-11(10)13/h10-13H,2-9H2,1H3/t10?,11-/m1/s1. The number of aliphatic hydroxyl groups excluding tert-OH is 1. The zero-order chi connectivity index (χ0) is 9.52. The van der Waals surface area contributed by atoms with E-state index in [4.69, 9.17) is 0 Å². The van der Waals surface area contributed by atoms with E-state index in [-0.39, 0.29) is 6.10 Å².